The Hall–Kier alpha value is -2.69. The molecule has 5 heteroatoms. The van der Waals surface area contributed by atoms with E-state index in [0.29, 0.717) is 5.69 Å². The highest BCUT2D eigenvalue weighted by Gasteiger charge is 2.08. The molecule has 0 fully saturated rings. The van der Waals surface area contributed by atoms with E-state index in [4.69, 9.17) is 9.52 Å². The van der Waals surface area contributed by atoms with Crippen LogP contribution in [0.15, 0.2) is 41.1 Å². The first-order valence-corrected chi connectivity index (χ1v) is 5.69. The number of fused-ring (bicyclic) bond motifs is 1. The van der Waals surface area contributed by atoms with E-state index in [2.05, 4.69) is 9.97 Å². The lowest BCUT2D eigenvalue weighted by Gasteiger charge is -2.00. The number of rotatable bonds is 2. The molecule has 0 unspecified atom stereocenters. The third kappa shape index (κ3) is 2.06. The van der Waals surface area contributed by atoms with Crippen LogP contribution in [-0.4, -0.2) is 21.0 Å². The predicted octanol–water partition coefficient (Wildman–Crippen LogP) is 2.90. The van der Waals surface area contributed by atoms with Crippen LogP contribution < -0.4 is 0 Å². The van der Waals surface area contributed by atoms with Crippen molar-refractivity contribution in [1.29, 1.82) is 0 Å². The highest BCUT2D eigenvalue weighted by Crippen LogP contribution is 2.25. The fourth-order valence-electron chi connectivity index (χ4n) is 1.92. The molecule has 0 saturated heterocycles. The van der Waals surface area contributed by atoms with E-state index in [1.54, 1.807) is 0 Å². The lowest BCUT2D eigenvalue weighted by molar-refractivity contribution is 0.0690. The molecule has 2 aromatic heterocycles. The van der Waals surface area contributed by atoms with Crippen LogP contribution in [-0.2, 0) is 0 Å². The molecule has 3 rings (SSSR count). The number of furan rings is 1. The number of carboxylic acid groups (broad SMARTS) is 1. The summed E-state index contributed by atoms with van der Waals surface area (Å²) in [4.78, 5) is 18.7. The molecule has 0 aliphatic heterocycles. The largest absolute Gasteiger partial charge is 0.476 e. The molecule has 0 aliphatic carbocycles. The van der Waals surface area contributed by atoms with Crippen LogP contribution in [0.5, 0.6) is 0 Å². The first-order valence-electron chi connectivity index (χ1n) is 5.69. The standard InChI is InChI=1S/C14H10N2O3/c1-8-4-10-5-9(2-3-13(10)19-8)11-6-16-12(7-15-11)14(17)18/h2-7H,1H3,(H,17,18). The van der Waals surface area contributed by atoms with Gasteiger partial charge in [-0.25, -0.2) is 9.78 Å². The zero-order valence-electron chi connectivity index (χ0n) is 10.1. The predicted molar refractivity (Wildman–Crippen MR) is 68.9 cm³/mol. The van der Waals surface area contributed by atoms with Crippen LogP contribution in [0.3, 0.4) is 0 Å². The summed E-state index contributed by atoms with van der Waals surface area (Å²) in [7, 11) is 0. The molecule has 1 N–H and O–H groups in total. The van der Waals surface area contributed by atoms with Crippen molar-refractivity contribution in [3.05, 3.63) is 48.1 Å². The summed E-state index contributed by atoms with van der Waals surface area (Å²) in [5, 5.41) is 9.76. The zero-order chi connectivity index (χ0) is 13.4. The Kier molecular flexibility index (Phi) is 2.52. The van der Waals surface area contributed by atoms with Gasteiger partial charge in [0.25, 0.3) is 0 Å². The summed E-state index contributed by atoms with van der Waals surface area (Å²) >= 11 is 0. The van der Waals surface area contributed by atoms with Crippen LogP contribution in [0.1, 0.15) is 16.2 Å². The molecule has 0 saturated carbocycles. The Bertz CT molecular complexity index is 760. The third-order valence-corrected chi connectivity index (χ3v) is 2.81. The monoisotopic (exact) mass is 254 g/mol. The van der Waals surface area contributed by atoms with Crippen LogP contribution in [0.2, 0.25) is 0 Å². The number of aryl methyl sites for hydroxylation is 1. The number of carboxylic acids is 1. The van der Waals surface area contributed by atoms with Crippen LogP contribution in [0.4, 0.5) is 0 Å². The molecule has 5 nitrogen and oxygen atoms in total. The van der Waals surface area contributed by atoms with E-state index < -0.39 is 5.97 Å². The van der Waals surface area contributed by atoms with Crippen LogP contribution >= 0.6 is 0 Å². The van der Waals surface area contributed by atoms with Crippen molar-refractivity contribution in [2.24, 2.45) is 0 Å². The molecule has 0 aliphatic rings. The number of hydrogen-bond donors (Lipinski definition) is 1. The molecular formula is C14H10N2O3. The Labute approximate surface area is 108 Å². The number of aromatic nitrogens is 2. The fourth-order valence-corrected chi connectivity index (χ4v) is 1.92. The number of carbonyl (C=O) groups is 1. The van der Waals surface area contributed by atoms with Crippen molar-refractivity contribution in [3.8, 4) is 11.3 Å². The third-order valence-electron chi connectivity index (χ3n) is 2.81. The molecule has 0 radical (unpaired) electrons. The van der Waals surface area contributed by atoms with Crippen molar-refractivity contribution in [2.75, 3.05) is 0 Å². The molecule has 1 aromatic carbocycles. The fraction of sp³-hybridized carbons (Fsp3) is 0.0714. The van der Waals surface area contributed by atoms with Gasteiger partial charge in [0.05, 0.1) is 18.1 Å². The first-order chi connectivity index (χ1) is 9.13. The van der Waals surface area contributed by atoms with Gasteiger partial charge < -0.3 is 9.52 Å². The van der Waals surface area contributed by atoms with Gasteiger partial charge in [-0.2, -0.15) is 0 Å². The van der Waals surface area contributed by atoms with Gasteiger partial charge in [-0.3, -0.25) is 4.98 Å². The topological polar surface area (TPSA) is 76.2 Å². The minimum absolute atomic E-state index is 0.0658. The molecule has 0 spiro atoms. The van der Waals surface area contributed by atoms with Gasteiger partial charge >= 0.3 is 5.97 Å². The van der Waals surface area contributed by atoms with Crippen molar-refractivity contribution in [1.82, 2.24) is 9.97 Å². The van der Waals surface area contributed by atoms with E-state index in [9.17, 15) is 4.79 Å². The average Bonchev–Trinajstić information content (AvgIpc) is 2.77. The van der Waals surface area contributed by atoms with Gasteiger partial charge in [0.15, 0.2) is 5.69 Å². The van der Waals surface area contributed by atoms with Gasteiger partial charge in [-0.1, -0.05) is 0 Å². The van der Waals surface area contributed by atoms with Gasteiger partial charge in [0.2, 0.25) is 0 Å². The maximum absolute atomic E-state index is 10.7. The second kappa shape index (κ2) is 4.20. The van der Waals surface area contributed by atoms with Gasteiger partial charge in [0, 0.05) is 10.9 Å². The molecule has 3 aromatic rings. The van der Waals surface area contributed by atoms with Crippen molar-refractivity contribution < 1.29 is 14.3 Å². The first kappa shape index (κ1) is 11.4. The summed E-state index contributed by atoms with van der Waals surface area (Å²) in [6.45, 7) is 1.89. The molecule has 0 amide bonds. The highest BCUT2D eigenvalue weighted by molar-refractivity contribution is 5.86. The lowest BCUT2D eigenvalue weighted by atomic mass is 10.1. The number of nitrogens with zero attached hydrogens (tertiary/aromatic N) is 2. The minimum atomic E-state index is -1.08. The van der Waals surface area contributed by atoms with Gasteiger partial charge in [0.1, 0.15) is 11.3 Å². The summed E-state index contributed by atoms with van der Waals surface area (Å²) in [6.07, 6.45) is 2.71. The van der Waals surface area contributed by atoms with Crippen molar-refractivity contribution in [3.63, 3.8) is 0 Å². The summed E-state index contributed by atoms with van der Waals surface area (Å²) in [6, 6.07) is 7.62. The Morgan fingerprint density at radius 3 is 2.74 bits per heavy atom. The molecule has 0 bridgehead atoms. The normalized spacial score (nSPS) is 10.8. The Morgan fingerprint density at radius 2 is 2.05 bits per heavy atom. The molecule has 0 atom stereocenters. The summed E-state index contributed by atoms with van der Waals surface area (Å²) < 4.78 is 5.50. The van der Waals surface area contributed by atoms with E-state index in [-0.39, 0.29) is 5.69 Å². The van der Waals surface area contributed by atoms with Crippen molar-refractivity contribution in [2.45, 2.75) is 6.92 Å². The average molecular weight is 254 g/mol. The lowest BCUT2D eigenvalue weighted by Crippen LogP contribution is -2.00. The second-order valence-electron chi connectivity index (χ2n) is 4.20. The van der Waals surface area contributed by atoms with E-state index in [1.165, 1.54) is 12.4 Å². The number of hydrogen-bond acceptors (Lipinski definition) is 4. The number of aromatic carboxylic acids is 1. The quantitative estimate of drug-likeness (QED) is 0.760. The summed E-state index contributed by atoms with van der Waals surface area (Å²) in [5.41, 5.74) is 2.25. The maximum atomic E-state index is 10.7. The molecule has 94 valence electrons. The highest BCUT2D eigenvalue weighted by atomic mass is 16.4. The second-order valence-corrected chi connectivity index (χ2v) is 4.20. The van der Waals surface area contributed by atoms with E-state index in [0.717, 1.165) is 22.3 Å². The minimum Gasteiger partial charge on any atom is -0.476 e. The van der Waals surface area contributed by atoms with Crippen molar-refractivity contribution >= 4 is 16.9 Å². The van der Waals surface area contributed by atoms with E-state index in [1.807, 2.05) is 31.2 Å². The van der Waals surface area contributed by atoms with Crippen LogP contribution in [0.25, 0.3) is 22.2 Å². The molecular weight excluding hydrogens is 244 g/mol. The van der Waals surface area contributed by atoms with Gasteiger partial charge in [-0.05, 0) is 31.2 Å². The smallest absolute Gasteiger partial charge is 0.356 e. The Morgan fingerprint density at radius 1 is 1.21 bits per heavy atom. The SMILES string of the molecule is Cc1cc2cc(-c3cnc(C(=O)O)cn3)ccc2o1. The molecule has 19 heavy (non-hydrogen) atoms. The number of benzene rings is 1. The Balaban J connectivity index is 2.05. The summed E-state index contributed by atoms with van der Waals surface area (Å²) in [5.74, 6) is -0.237. The van der Waals surface area contributed by atoms with Crippen LogP contribution in [0, 0.1) is 6.92 Å². The maximum Gasteiger partial charge on any atom is 0.356 e. The van der Waals surface area contributed by atoms with Gasteiger partial charge in [-0.15, -0.1) is 0 Å². The zero-order valence-corrected chi connectivity index (χ0v) is 10.1. The van der Waals surface area contributed by atoms with E-state index >= 15 is 0 Å². The molecule has 2 heterocycles.